The van der Waals surface area contributed by atoms with E-state index in [1.54, 1.807) is 23.6 Å². The summed E-state index contributed by atoms with van der Waals surface area (Å²) >= 11 is 14.8. The van der Waals surface area contributed by atoms with E-state index >= 15 is 0 Å². The van der Waals surface area contributed by atoms with Crippen molar-refractivity contribution in [3.63, 3.8) is 0 Å². The molecule has 0 atom stereocenters. The van der Waals surface area contributed by atoms with Crippen LogP contribution in [0.25, 0.3) is 0 Å². The predicted molar refractivity (Wildman–Crippen MR) is 113 cm³/mol. The molecule has 1 aromatic heterocycles. The maximum Gasteiger partial charge on any atom is 0.323 e. The van der Waals surface area contributed by atoms with Crippen molar-refractivity contribution >= 4 is 63.9 Å². The Morgan fingerprint density at radius 1 is 1.27 bits per heavy atom. The van der Waals surface area contributed by atoms with Crippen molar-refractivity contribution in [2.24, 2.45) is 0 Å². The molecule has 0 saturated carbocycles. The van der Waals surface area contributed by atoms with Gasteiger partial charge in [-0.3, -0.25) is 0 Å². The number of hydrogen-bond acceptors (Lipinski definition) is 5. The lowest BCUT2D eigenvalue weighted by Gasteiger charge is -2.32. The zero-order valence-electron chi connectivity index (χ0n) is 14.9. The Bertz CT molecular complexity index is 791. The van der Waals surface area contributed by atoms with Crippen molar-refractivity contribution in [2.45, 2.75) is 37.4 Å². The molecule has 2 rings (SSSR count). The van der Waals surface area contributed by atoms with Crippen LogP contribution < -0.4 is 10.6 Å². The van der Waals surface area contributed by atoms with Crippen LogP contribution in [0.4, 0.5) is 16.2 Å². The van der Waals surface area contributed by atoms with Crippen molar-refractivity contribution in [2.75, 3.05) is 17.2 Å². The largest absolute Gasteiger partial charge is 0.504 e. The molecular weight excluding hydrogens is 413 g/mol. The highest BCUT2D eigenvalue weighted by molar-refractivity contribution is 7.99. The fourth-order valence-electron chi connectivity index (χ4n) is 2.14. The molecule has 26 heavy (non-hydrogen) atoms. The van der Waals surface area contributed by atoms with Crippen LogP contribution in [0.3, 0.4) is 0 Å². The number of rotatable bonds is 5. The molecule has 2 aromatic rings. The van der Waals surface area contributed by atoms with E-state index in [0.717, 1.165) is 10.8 Å². The summed E-state index contributed by atoms with van der Waals surface area (Å²) in [7, 11) is 0. The molecule has 0 aliphatic heterocycles. The quantitative estimate of drug-likeness (QED) is 0.468. The van der Waals surface area contributed by atoms with E-state index in [0.29, 0.717) is 16.4 Å². The highest BCUT2D eigenvalue weighted by atomic mass is 35.5. The normalized spacial score (nSPS) is 11.7. The molecule has 0 fully saturated rings. The average molecular weight is 434 g/mol. The standard InChI is InChI=1S/C17H21Cl2N3O2S2/c1-5-22(17(2,3)4)26-15-14(23)12(9-25-15)21-16(24)20-11-8-6-7-10(18)13(11)19/h6-9,23H,5H2,1-4H3,(H2,20,21,24). The third-order valence-corrected chi connectivity index (χ3v) is 6.89. The van der Waals surface area contributed by atoms with Gasteiger partial charge in [0.15, 0.2) is 5.75 Å². The molecule has 142 valence electrons. The first-order valence-corrected chi connectivity index (χ1v) is 10.3. The molecule has 0 aliphatic rings. The fourth-order valence-corrected chi connectivity index (χ4v) is 4.49. The summed E-state index contributed by atoms with van der Waals surface area (Å²) in [6, 6.07) is 4.45. The summed E-state index contributed by atoms with van der Waals surface area (Å²) in [6.45, 7) is 9.20. The zero-order valence-corrected chi connectivity index (χ0v) is 18.0. The molecule has 2 amide bonds. The van der Waals surface area contributed by atoms with Gasteiger partial charge in [-0.25, -0.2) is 9.10 Å². The number of amides is 2. The number of nitrogens with zero attached hydrogens (tertiary/aromatic N) is 1. The first-order chi connectivity index (χ1) is 12.1. The molecule has 0 aliphatic carbocycles. The monoisotopic (exact) mass is 433 g/mol. The van der Waals surface area contributed by atoms with Crippen molar-refractivity contribution in [3.05, 3.63) is 33.6 Å². The third kappa shape index (κ3) is 5.20. The predicted octanol–water partition coefficient (Wildman–Crippen LogP) is 6.53. The van der Waals surface area contributed by atoms with Crippen LogP contribution in [0, 0.1) is 0 Å². The first kappa shape index (κ1) is 21.2. The maximum absolute atomic E-state index is 12.2. The number of urea groups is 1. The van der Waals surface area contributed by atoms with E-state index in [1.165, 1.54) is 23.3 Å². The number of aromatic hydroxyl groups is 1. The molecule has 0 radical (unpaired) electrons. The molecule has 3 N–H and O–H groups in total. The SMILES string of the molecule is CCN(Sc1scc(NC(=O)Nc2cccc(Cl)c2Cl)c1O)C(C)(C)C. The number of thiophene rings is 1. The van der Waals surface area contributed by atoms with Crippen molar-refractivity contribution in [1.82, 2.24) is 4.31 Å². The van der Waals surface area contributed by atoms with Gasteiger partial charge in [-0.15, -0.1) is 11.3 Å². The van der Waals surface area contributed by atoms with Gasteiger partial charge in [-0.2, -0.15) is 0 Å². The molecule has 5 nitrogen and oxygen atoms in total. The van der Waals surface area contributed by atoms with Crippen LogP contribution in [0.2, 0.25) is 10.0 Å². The van der Waals surface area contributed by atoms with E-state index in [2.05, 4.69) is 42.6 Å². The Morgan fingerprint density at radius 2 is 1.92 bits per heavy atom. The van der Waals surface area contributed by atoms with Crippen LogP contribution in [-0.4, -0.2) is 27.5 Å². The van der Waals surface area contributed by atoms with E-state index in [9.17, 15) is 9.90 Å². The van der Waals surface area contributed by atoms with Gasteiger partial charge in [0.1, 0.15) is 4.21 Å². The lowest BCUT2D eigenvalue weighted by Crippen LogP contribution is -2.35. The number of anilines is 2. The molecule has 0 bridgehead atoms. The Labute approximate surface area is 171 Å². The first-order valence-electron chi connectivity index (χ1n) is 7.91. The Kier molecular flexibility index (Phi) is 7.10. The molecule has 0 saturated heterocycles. The molecule has 1 aromatic carbocycles. The number of hydrogen-bond donors (Lipinski definition) is 3. The van der Waals surface area contributed by atoms with E-state index in [-0.39, 0.29) is 16.3 Å². The summed E-state index contributed by atoms with van der Waals surface area (Å²) in [6.07, 6.45) is 0. The Hall–Kier alpha value is -1.12. The second-order valence-electron chi connectivity index (χ2n) is 6.42. The van der Waals surface area contributed by atoms with Gasteiger partial charge < -0.3 is 15.7 Å². The van der Waals surface area contributed by atoms with Gasteiger partial charge in [0.05, 0.1) is 21.4 Å². The fraction of sp³-hybridized carbons (Fsp3) is 0.353. The van der Waals surface area contributed by atoms with Crippen LogP contribution in [-0.2, 0) is 0 Å². The second kappa shape index (κ2) is 8.71. The number of carbonyl (C=O) groups is 1. The highest BCUT2D eigenvalue weighted by Crippen LogP contribution is 2.44. The minimum Gasteiger partial charge on any atom is -0.504 e. The van der Waals surface area contributed by atoms with Crippen LogP contribution in [0.15, 0.2) is 27.8 Å². The molecule has 0 spiro atoms. The number of nitrogens with one attached hydrogen (secondary N) is 2. The zero-order chi connectivity index (χ0) is 19.5. The highest BCUT2D eigenvalue weighted by Gasteiger charge is 2.24. The minimum atomic E-state index is -0.512. The topological polar surface area (TPSA) is 64.6 Å². The number of carbonyl (C=O) groups excluding carboxylic acids is 1. The summed E-state index contributed by atoms with van der Waals surface area (Å²) < 4.78 is 2.88. The smallest absolute Gasteiger partial charge is 0.323 e. The van der Waals surface area contributed by atoms with E-state index in [4.69, 9.17) is 23.2 Å². The average Bonchev–Trinajstić information content (AvgIpc) is 2.88. The molecule has 9 heteroatoms. The van der Waals surface area contributed by atoms with Crippen molar-refractivity contribution in [1.29, 1.82) is 0 Å². The lowest BCUT2D eigenvalue weighted by molar-refractivity contribution is 0.262. The number of halogens is 2. The summed E-state index contributed by atoms with van der Waals surface area (Å²) in [4.78, 5) is 12.2. The van der Waals surface area contributed by atoms with Gasteiger partial charge in [0, 0.05) is 17.5 Å². The number of benzene rings is 1. The molecule has 1 heterocycles. The van der Waals surface area contributed by atoms with Gasteiger partial charge in [-0.05, 0) is 44.9 Å². The van der Waals surface area contributed by atoms with Crippen LogP contribution >= 0.6 is 46.5 Å². The van der Waals surface area contributed by atoms with Gasteiger partial charge in [0.2, 0.25) is 0 Å². The van der Waals surface area contributed by atoms with E-state index in [1.807, 2.05) is 0 Å². The van der Waals surface area contributed by atoms with Crippen molar-refractivity contribution in [3.8, 4) is 5.75 Å². The summed E-state index contributed by atoms with van der Waals surface area (Å²) in [5.74, 6) is 0.0510. The Morgan fingerprint density at radius 3 is 2.54 bits per heavy atom. The van der Waals surface area contributed by atoms with Gasteiger partial charge >= 0.3 is 6.03 Å². The minimum absolute atomic E-state index is 0.0510. The maximum atomic E-state index is 12.2. The third-order valence-electron chi connectivity index (χ3n) is 3.41. The second-order valence-corrected chi connectivity index (χ2v) is 9.38. The molecule has 0 unspecified atom stereocenters. The van der Waals surface area contributed by atoms with Crippen LogP contribution in [0.5, 0.6) is 5.75 Å². The summed E-state index contributed by atoms with van der Waals surface area (Å²) in [5.41, 5.74) is 0.688. The molecular formula is C17H21Cl2N3O2S2. The van der Waals surface area contributed by atoms with E-state index < -0.39 is 6.03 Å². The Balaban J connectivity index is 2.08. The van der Waals surface area contributed by atoms with Crippen molar-refractivity contribution < 1.29 is 9.90 Å². The lowest BCUT2D eigenvalue weighted by atomic mass is 10.1. The van der Waals surface area contributed by atoms with Gasteiger partial charge in [-0.1, -0.05) is 36.2 Å². The van der Waals surface area contributed by atoms with Gasteiger partial charge in [0.25, 0.3) is 0 Å². The summed E-state index contributed by atoms with van der Waals surface area (Å²) in [5, 5.41) is 18.0. The van der Waals surface area contributed by atoms with Crippen LogP contribution in [0.1, 0.15) is 27.7 Å².